The topological polar surface area (TPSA) is 55.2 Å². The van der Waals surface area contributed by atoms with Crippen LogP contribution in [-0.2, 0) is 29.9 Å². The number of aryl methyl sites for hydroxylation is 1. The molecule has 2 heterocycles. The third-order valence-corrected chi connectivity index (χ3v) is 6.76. The van der Waals surface area contributed by atoms with Gasteiger partial charge in [-0.25, -0.2) is 12.7 Å². The summed E-state index contributed by atoms with van der Waals surface area (Å²) >= 11 is 0. The third-order valence-electron chi connectivity index (χ3n) is 4.49. The largest absolute Gasteiger partial charge is 0.272 e. The lowest BCUT2D eigenvalue weighted by atomic mass is 10.0. The van der Waals surface area contributed by atoms with E-state index < -0.39 is 10.0 Å². The molecule has 5 nitrogen and oxygen atoms in total. The van der Waals surface area contributed by atoms with Crippen LogP contribution < -0.4 is 0 Å². The molecule has 0 bridgehead atoms. The fourth-order valence-corrected chi connectivity index (χ4v) is 4.43. The van der Waals surface area contributed by atoms with Crippen molar-refractivity contribution in [3.8, 4) is 11.3 Å². The number of hydrogen-bond acceptors (Lipinski definition) is 3. The first-order valence-corrected chi connectivity index (χ1v) is 9.50. The standard InChI is InChI=1S/C17H23N3O2S/c1-13(2)23(21,22)20-11-9-15-16(10-12-20)19(3)18-17(15)14-7-5-4-6-8-14/h4-8,13H,9-12H2,1-3H3. The summed E-state index contributed by atoms with van der Waals surface area (Å²) < 4.78 is 28.4. The normalized spacial score (nSPS) is 16.3. The molecule has 1 aliphatic rings. The van der Waals surface area contributed by atoms with E-state index in [2.05, 4.69) is 17.2 Å². The van der Waals surface area contributed by atoms with Crippen LogP contribution in [0.5, 0.6) is 0 Å². The number of nitrogens with zero attached hydrogens (tertiary/aromatic N) is 3. The van der Waals surface area contributed by atoms with Crippen molar-refractivity contribution in [3.63, 3.8) is 0 Å². The second-order valence-corrected chi connectivity index (χ2v) is 8.75. The number of benzene rings is 1. The summed E-state index contributed by atoms with van der Waals surface area (Å²) in [6.07, 6.45) is 1.41. The molecule has 0 fully saturated rings. The Bertz CT molecular complexity index is 795. The molecule has 0 atom stereocenters. The second kappa shape index (κ2) is 6.09. The lowest BCUT2D eigenvalue weighted by molar-refractivity contribution is 0.418. The van der Waals surface area contributed by atoms with Crippen molar-refractivity contribution in [2.75, 3.05) is 13.1 Å². The van der Waals surface area contributed by atoms with Gasteiger partial charge >= 0.3 is 0 Å². The van der Waals surface area contributed by atoms with Crippen molar-refractivity contribution in [1.82, 2.24) is 14.1 Å². The Morgan fingerprint density at radius 1 is 1.09 bits per heavy atom. The van der Waals surface area contributed by atoms with Crippen LogP contribution in [0.1, 0.15) is 25.1 Å². The fraction of sp³-hybridized carbons (Fsp3) is 0.471. The van der Waals surface area contributed by atoms with Gasteiger partial charge in [0.15, 0.2) is 0 Å². The highest BCUT2D eigenvalue weighted by Gasteiger charge is 2.30. The molecule has 0 amide bonds. The van der Waals surface area contributed by atoms with Gasteiger partial charge in [0.1, 0.15) is 0 Å². The molecule has 0 spiro atoms. The van der Waals surface area contributed by atoms with Crippen molar-refractivity contribution >= 4 is 10.0 Å². The molecule has 3 rings (SSSR count). The van der Waals surface area contributed by atoms with Crippen LogP contribution in [0.4, 0.5) is 0 Å². The van der Waals surface area contributed by atoms with Crippen LogP contribution in [0.15, 0.2) is 30.3 Å². The molecule has 0 radical (unpaired) electrons. The van der Waals surface area contributed by atoms with E-state index in [1.165, 1.54) is 5.56 Å². The Balaban J connectivity index is 1.95. The maximum atomic E-state index is 12.5. The van der Waals surface area contributed by atoms with E-state index >= 15 is 0 Å². The zero-order valence-corrected chi connectivity index (χ0v) is 14.7. The minimum atomic E-state index is -3.21. The summed E-state index contributed by atoms with van der Waals surface area (Å²) in [4.78, 5) is 0. The Morgan fingerprint density at radius 3 is 2.39 bits per heavy atom. The quantitative estimate of drug-likeness (QED) is 0.865. The first-order valence-electron chi connectivity index (χ1n) is 8.00. The van der Waals surface area contributed by atoms with Crippen LogP contribution in [0.2, 0.25) is 0 Å². The number of sulfonamides is 1. The van der Waals surface area contributed by atoms with E-state index in [0.29, 0.717) is 25.9 Å². The molecule has 23 heavy (non-hydrogen) atoms. The summed E-state index contributed by atoms with van der Waals surface area (Å²) in [6.45, 7) is 4.54. The summed E-state index contributed by atoms with van der Waals surface area (Å²) in [5, 5.41) is 4.30. The Kier molecular flexibility index (Phi) is 4.29. The molecular formula is C17H23N3O2S. The average Bonchev–Trinajstić information content (AvgIpc) is 2.72. The molecule has 1 aromatic carbocycles. The Morgan fingerprint density at radius 2 is 1.74 bits per heavy atom. The number of aromatic nitrogens is 2. The molecule has 2 aromatic rings. The van der Waals surface area contributed by atoms with Crippen LogP contribution in [0, 0.1) is 0 Å². The molecule has 1 aromatic heterocycles. The lowest BCUT2D eigenvalue weighted by Crippen LogP contribution is -2.38. The van der Waals surface area contributed by atoms with Gasteiger partial charge < -0.3 is 0 Å². The maximum absolute atomic E-state index is 12.5. The van der Waals surface area contributed by atoms with Gasteiger partial charge in [-0.1, -0.05) is 30.3 Å². The van der Waals surface area contributed by atoms with E-state index in [4.69, 9.17) is 0 Å². The van der Waals surface area contributed by atoms with E-state index in [1.54, 1.807) is 18.2 Å². The Labute approximate surface area is 138 Å². The third kappa shape index (κ3) is 2.93. The van der Waals surface area contributed by atoms with E-state index in [1.807, 2.05) is 29.9 Å². The van der Waals surface area contributed by atoms with Crippen LogP contribution in [0.25, 0.3) is 11.3 Å². The minimum Gasteiger partial charge on any atom is -0.272 e. The summed E-state index contributed by atoms with van der Waals surface area (Å²) in [7, 11) is -1.26. The van der Waals surface area contributed by atoms with Gasteiger partial charge in [-0.05, 0) is 20.3 Å². The highest BCUT2D eigenvalue weighted by atomic mass is 32.2. The summed E-state index contributed by atoms with van der Waals surface area (Å²) in [6, 6.07) is 10.1. The molecule has 0 unspecified atom stereocenters. The minimum absolute atomic E-state index is 0.379. The summed E-state index contributed by atoms with van der Waals surface area (Å²) in [5.74, 6) is 0. The first-order chi connectivity index (χ1) is 10.9. The molecule has 0 aliphatic carbocycles. The fourth-order valence-electron chi connectivity index (χ4n) is 3.14. The van der Waals surface area contributed by atoms with Crippen LogP contribution in [-0.4, -0.2) is 40.8 Å². The highest BCUT2D eigenvalue weighted by molar-refractivity contribution is 7.89. The molecule has 0 N–H and O–H groups in total. The van der Waals surface area contributed by atoms with Crippen LogP contribution in [0.3, 0.4) is 0 Å². The second-order valence-electron chi connectivity index (χ2n) is 6.26. The molecule has 6 heteroatoms. The van der Waals surface area contributed by atoms with Gasteiger partial charge in [0, 0.05) is 43.4 Å². The highest BCUT2D eigenvalue weighted by Crippen LogP contribution is 2.28. The monoisotopic (exact) mass is 333 g/mol. The van der Waals surface area contributed by atoms with Gasteiger partial charge in [0.25, 0.3) is 0 Å². The van der Waals surface area contributed by atoms with E-state index in [0.717, 1.165) is 17.0 Å². The zero-order valence-electron chi connectivity index (χ0n) is 13.9. The van der Waals surface area contributed by atoms with Crippen molar-refractivity contribution in [1.29, 1.82) is 0 Å². The summed E-state index contributed by atoms with van der Waals surface area (Å²) in [5.41, 5.74) is 4.39. The maximum Gasteiger partial charge on any atom is 0.216 e. The van der Waals surface area contributed by atoms with Gasteiger partial charge in [-0.15, -0.1) is 0 Å². The van der Waals surface area contributed by atoms with Crippen molar-refractivity contribution < 1.29 is 8.42 Å². The first kappa shape index (κ1) is 16.2. The number of rotatable bonds is 3. The van der Waals surface area contributed by atoms with Gasteiger partial charge in [0.2, 0.25) is 10.0 Å². The van der Waals surface area contributed by atoms with Crippen LogP contribution >= 0.6 is 0 Å². The number of fused-ring (bicyclic) bond motifs is 1. The predicted octanol–water partition coefficient (Wildman–Crippen LogP) is 2.23. The van der Waals surface area contributed by atoms with Crippen molar-refractivity contribution in [2.45, 2.75) is 31.9 Å². The molecule has 0 saturated heterocycles. The van der Waals surface area contributed by atoms with E-state index in [9.17, 15) is 8.42 Å². The SMILES string of the molecule is CC(C)S(=O)(=O)N1CCc2c(-c3ccccc3)nn(C)c2CC1. The van der Waals surface area contributed by atoms with Gasteiger partial charge in [-0.2, -0.15) is 5.10 Å². The van der Waals surface area contributed by atoms with Gasteiger partial charge in [-0.3, -0.25) is 4.68 Å². The molecular weight excluding hydrogens is 310 g/mol. The molecule has 0 saturated carbocycles. The van der Waals surface area contributed by atoms with Gasteiger partial charge in [0.05, 0.1) is 10.9 Å². The number of hydrogen-bond donors (Lipinski definition) is 0. The Hall–Kier alpha value is -1.66. The lowest BCUT2D eigenvalue weighted by Gasteiger charge is -2.22. The smallest absolute Gasteiger partial charge is 0.216 e. The van der Waals surface area contributed by atoms with E-state index in [-0.39, 0.29) is 5.25 Å². The van der Waals surface area contributed by atoms with Crippen molar-refractivity contribution in [3.05, 3.63) is 41.6 Å². The van der Waals surface area contributed by atoms with Crippen molar-refractivity contribution in [2.24, 2.45) is 7.05 Å². The molecule has 1 aliphatic heterocycles. The average molecular weight is 333 g/mol. The zero-order chi connectivity index (χ0) is 16.6. The molecule has 124 valence electrons. The predicted molar refractivity (Wildman–Crippen MR) is 91.7 cm³/mol.